The van der Waals surface area contributed by atoms with Crippen LogP contribution in [0.4, 0.5) is 0 Å². The van der Waals surface area contributed by atoms with Gasteiger partial charge in [-0.2, -0.15) is 0 Å². The summed E-state index contributed by atoms with van der Waals surface area (Å²) in [5.41, 5.74) is 1.13. The van der Waals surface area contributed by atoms with Crippen LogP contribution < -0.4 is 14.8 Å². The maximum atomic E-state index is 5.21. The van der Waals surface area contributed by atoms with Gasteiger partial charge in [-0.3, -0.25) is 0 Å². The molecule has 0 fully saturated rings. The van der Waals surface area contributed by atoms with Crippen LogP contribution in [0.5, 0.6) is 11.5 Å². The van der Waals surface area contributed by atoms with Crippen molar-refractivity contribution in [2.45, 2.75) is 19.6 Å². The number of hydrogen-bond donors (Lipinski definition) is 1. The summed E-state index contributed by atoms with van der Waals surface area (Å²) in [6.07, 6.45) is 0.211. The van der Waals surface area contributed by atoms with Crippen molar-refractivity contribution in [2.24, 2.45) is 0 Å². The highest BCUT2D eigenvalue weighted by molar-refractivity contribution is 5.38. The first-order chi connectivity index (χ1) is 8.19. The molecule has 1 N–H and O–H groups in total. The Labute approximate surface area is 103 Å². The van der Waals surface area contributed by atoms with Crippen molar-refractivity contribution < 1.29 is 14.2 Å². The molecular formula is C13H21NO3. The number of methoxy groups -OCH3 is 3. The molecule has 0 bridgehead atoms. The van der Waals surface area contributed by atoms with Gasteiger partial charge in [0.25, 0.3) is 0 Å². The molecular weight excluding hydrogens is 218 g/mol. The lowest BCUT2D eigenvalue weighted by atomic mass is 10.2. The van der Waals surface area contributed by atoms with E-state index < -0.39 is 0 Å². The molecule has 0 aliphatic rings. The standard InChI is InChI=1S/C13H21NO3/c1-10(15-2)8-14-9-11-5-12(16-3)7-13(6-11)17-4/h5-7,10,14H,8-9H2,1-4H3. The lowest BCUT2D eigenvalue weighted by Gasteiger charge is -2.12. The number of nitrogens with one attached hydrogen (secondary N) is 1. The van der Waals surface area contributed by atoms with Gasteiger partial charge in [0.05, 0.1) is 20.3 Å². The summed E-state index contributed by atoms with van der Waals surface area (Å²) in [6, 6.07) is 5.85. The average molecular weight is 239 g/mol. The Morgan fingerprint density at radius 3 is 2.12 bits per heavy atom. The second-order valence-corrected chi connectivity index (χ2v) is 3.90. The van der Waals surface area contributed by atoms with E-state index in [2.05, 4.69) is 5.32 Å². The van der Waals surface area contributed by atoms with Gasteiger partial charge in [0.2, 0.25) is 0 Å². The van der Waals surface area contributed by atoms with Gasteiger partial charge < -0.3 is 19.5 Å². The number of rotatable bonds is 7. The van der Waals surface area contributed by atoms with Crippen LogP contribution in [-0.2, 0) is 11.3 Å². The van der Waals surface area contributed by atoms with Gasteiger partial charge >= 0.3 is 0 Å². The van der Waals surface area contributed by atoms with Crippen molar-refractivity contribution in [2.75, 3.05) is 27.9 Å². The highest BCUT2D eigenvalue weighted by Crippen LogP contribution is 2.22. The maximum Gasteiger partial charge on any atom is 0.122 e. The molecule has 0 aliphatic carbocycles. The molecule has 0 radical (unpaired) electrons. The SMILES string of the molecule is COc1cc(CNCC(C)OC)cc(OC)c1. The Bertz CT molecular complexity index is 319. The molecule has 1 atom stereocenters. The van der Waals surface area contributed by atoms with E-state index in [1.807, 2.05) is 25.1 Å². The molecule has 1 rings (SSSR count). The predicted octanol–water partition coefficient (Wildman–Crippen LogP) is 1.83. The Balaban J connectivity index is 2.57. The Morgan fingerprint density at radius 2 is 1.65 bits per heavy atom. The highest BCUT2D eigenvalue weighted by Gasteiger charge is 2.03. The molecule has 96 valence electrons. The van der Waals surface area contributed by atoms with Gasteiger partial charge in [0.1, 0.15) is 11.5 Å². The van der Waals surface area contributed by atoms with Crippen LogP contribution in [0.3, 0.4) is 0 Å². The zero-order valence-electron chi connectivity index (χ0n) is 10.9. The zero-order chi connectivity index (χ0) is 12.7. The van der Waals surface area contributed by atoms with Crippen molar-refractivity contribution in [1.82, 2.24) is 5.32 Å². The molecule has 1 unspecified atom stereocenters. The Morgan fingerprint density at radius 1 is 1.06 bits per heavy atom. The Kier molecular flexibility index (Phi) is 5.80. The quantitative estimate of drug-likeness (QED) is 0.788. The molecule has 0 saturated carbocycles. The minimum absolute atomic E-state index is 0.211. The van der Waals surface area contributed by atoms with Crippen LogP contribution in [0.15, 0.2) is 18.2 Å². The van der Waals surface area contributed by atoms with E-state index in [0.717, 1.165) is 30.2 Å². The zero-order valence-corrected chi connectivity index (χ0v) is 10.9. The topological polar surface area (TPSA) is 39.7 Å². The van der Waals surface area contributed by atoms with E-state index >= 15 is 0 Å². The molecule has 0 saturated heterocycles. The first kappa shape index (κ1) is 13.8. The summed E-state index contributed by atoms with van der Waals surface area (Å²) >= 11 is 0. The molecule has 0 spiro atoms. The monoisotopic (exact) mass is 239 g/mol. The first-order valence-electron chi connectivity index (χ1n) is 5.65. The molecule has 0 aromatic heterocycles. The van der Waals surface area contributed by atoms with E-state index in [1.165, 1.54) is 0 Å². The minimum Gasteiger partial charge on any atom is -0.497 e. The summed E-state index contributed by atoms with van der Waals surface area (Å²) in [5.74, 6) is 1.61. The largest absolute Gasteiger partial charge is 0.497 e. The smallest absolute Gasteiger partial charge is 0.122 e. The van der Waals surface area contributed by atoms with Gasteiger partial charge in [-0.05, 0) is 24.6 Å². The van der Waals surface area contributed by atoms with E-state index in [0.29, 0.717) is 0 Å². The Hall–Kier alpha value is -1.26. The molecule has 0 aliphatic heterocycles. The van der Waals surface area contributed by atoms with E-state index in [-0.39, 0.29) is 6.10 Å². The molecule has 0 heterocycles. The molecule has 4 nitrogen and oxygen atoms in total. The van der Waals surface area contributed by atoms with E-state index in [9.17, 15) is 0 Å². The normalized spacial score (nSPS) is 12.2. The fourth-order valence-corrected chi connectivity index (χ4v) is 1.47. The summed E-state index contributed by atoms with van der Waals surface area (Å²) in [5, 5.41) is 3.32. The van der Waals surface area contributed by atoms with Crippen LogP contribution in [0.25, 0.3) is 0 Å². The molecule has 4 heteroatoms. The highest BCUT2D eigenvalue weighted by atomic mass is 16.5. The average Bonchev–Trinajstić information content (AvgIpc) is 2.37. The second kappa shape index (κ2) is 7.14. The van der Waals surface area contributed by atoms with Crippen LogP contribution in [0.1, 0.15) is 12.5 Å². The molecule has 1 aromatic carbocycles. The lowest BCUT2D eigenvalue weighted by molar-refractivity contribution is 0.117. The van der Waals surface area contributed by atoms with E-state index in [1.54, 1.807) is 21.3 Å². The fraction of sp³-hybridized carbons (Fsp3) is 0.538. The lowest BCUT2D eigenvalue weighted by Crippen LogP contribution is -2.25. The van der Waals surface area contributed by atoms with Gasteiger partial charge in [0.15, 0.2) is 0 Å². The van der Waals surface area contributed by atoms with Gasteiger partial charge in [-0.1, -0.05) is 0 Å². The minimum atomic E-state index is 0.211. The summed E-state index contributed by atoms with van der Waals surface area (Å²) in [6.45, 7) is 3.61. The number of benzene rings is 1. The van der Waals surface area contributed by atoms with Crippen molar-refractivity contribution in [1.29, 1.82) is 0 Å². The van der Waals surface area contributed by atoms with Crippen molar-refractivity contribution >= 4 is 0 Å². The summed E-state index contributed by atoms with van der Waals surface area (Å²) < 4.78 is 15.6. The summed E-state index contributed by atoms with van der Waals surface area (Å²) in [7, 11) is 5.01. The fourth-order valence-electron chi connectivity index (χ4n) is 1.47. The van der Waals surface area contributed by atoms with Crippen LogP contribution in [-0.4, -0.2) is 34.0 Å². The first-order valence-corrected chi connectivity index (χ1v) is 5.65. The van der Waals surface area contributed by atoms with Gasteiger partial charge in [-0.15, -0.1) is 0 Å². The van der Waals surface area contributed by atoms with Crippen molar-refractivity contribution in [3.63, 3.8) is 0 Å². The molecule has 0 amide bonds. The van der Waals surface area contributed by atoms with Crippen molar-refractivity contribution in [3.8, 4) is 11.5 Å². The summed E-state index contributed by atoms with van der Waals surface area (Å²) in [4.78, 5) is 0. The third kappa shape index (κ3) is 4.63. The second-order valence-electron chi connectivity index (χ2n) is 3.90. The van der Waals surface area contributed by atoms with E-state index in [4.69, 9.17) is 14.2 Å². The number of hydrogen-bond acceptors (Lipinski definition) is 4. The number of ether oxygens (including phenoxy) is 3. The van der Waals surface area contributed by atoms with Crippen LogP contribution in [0.2, 0.25) is 0 Å². The van der Waals surface area contributed by atoms with Crippen LogP contribution in [0, 0.1) is 0 Å². The van der Waals surface area contributed by atoms with Gasteiger partial charge in [-0.25, -0.2) is 0 Å². The van der Waals surface area contributed by atoms with Crippen molar-refractivity contribution in [3.05, 3.63) is 23.8 Å². The van der Waals surface area contributed by atoms with Crippen LogP contribution >= 0.6 is 0 Å². The third-order valence-electron chi connectivity index (χ3n) is 2.57. The predicted molar refractivity (Wildman–Crippen MR) is 67.7 cm³/mol. The molecule has 17 heavy (non-hydrogen) atoms. The molecule has 1 aromatic rings. The third-order valence-corrected chi connectivity index (χ3v) is 2.57. The van der Waals surface area contributed by atoms with Gasteiger partial charge in [0, 0.05) is 26.3 Å². The maximum absolute atomic E-state index is 5.21.